The highest BCUT2D eigenvalue weighted by Crippen LogP contribution is 2.29. The number of guanidine groups is 1. The molecule has 0 bridgehead atoms. The number of nitrogens with zero attached hydrogens (tertiary/aromatic N) is 2. The first-order chi connectivity index (χ1) is 10.4. The number of aliphatic imine (C=N–C) groups is 1. The predicted octanol–water partition coefficient (Wildman–Crippen LogP) is 4.08. The van der Waals surface area contributed by atoms with Gasteiger partial charge in [-0.05, 0) is 36.1 Å². The van der Waals surface area contributed by atoms with Gasteiger partial charge in [0.1, 0.15) is 0 Å². The molecule has 0 amide bonds. The Morgan fingerprint density at radius 3 is 2.35 bits per heavy atom. The van der Waals surface area contributed by atoms with Crippen molar-refractivity contribution in [1.82, 2.24) is 10.2 Å². The van der Waals surface area contributed by atoms with Gasteiger partial charge in [0.25, 0.3) is 0 Å². The van der Waals surface area contributed by atoms with E-state index in [0.717, 1.165) is 42.4 Å². The summed E-state index contributed by atoms with van der Waals surface area (Å²) in [6, 6.07) is 5.22. The summed E-state index contributed by atoms with van der Waals surface area (Å²) in [7, 11) is 3.56. The van der Waals surface area contributed by atoms with E-state index < -0.39 is 11.7 Å². The first-order valence-electron chi connectivity index (χ1n) is 6.95. The molecule has 0 saturated heterocycles. The summed E-state index contributed by atoms with van der Waals surface area (Å²) in [5.74, 6) is 1.81. The first-order valence-corrected chi connectivity index (χ1v) is 8.34. The molecule has 1 rings (SSSR count). The molecule has 8 heteroatoms. The number of hydrogen-bond acceptors (Lipinski definition) is 2. The van der Waals surface area contributed by atoms with Crippen LogP contribution < -0.4 is 5.32 Å². The lowest BCUT2D eigenvalue weighted by molar-refractivity contribution is -0.137. The number of rotatable bonds is 6. The van der Waals surface area contributed by atoms with Crippen LogP contribution >= 0.6 is 35.7 Å². The molecule has 0 heterocycles. The van der Waals surface area contributed by atoms with Crippen molar-refractivity contribution in [2.45, 2.75) is 19.1 Å². The van der Waals surface area contributed by atoms with Crippen LogP contribution in [-0.2, 0) is 12.7 Å². The van der Waals surface area contributed by atoms with Gasteiger partial charge in [0, 0.05) is 27.2 Å². The Balaban J connectivity index is 0.00000484. The second kappa shape index (κ2) is 11.0. The topological polar surface area (TPSA) is 27.6 Å². The summed E-state index contributed by atoms with van der Waals surface area (Å²) in [4.78, 5) is 6.07. The van der Waals surface area contributed by atoms with Gasteiger partial charge in [-0.15, -0.1) is 24.0 Å². The average Bonchev–Trinajstić information content (AvgIpc) is 2.47. The first kappa shape index (κ1) is 22.4. The van der Waals surface area contributed by atoms with Gasteiger partial charge in [-0.25, -0.2) is 0 Å². The lowest BCUT2D eigenvalue weighted by atomic mass is 10.1. The number of alkyl halides is 3. The molecular formula is C15H23F3IN3S. The van der Waals surface area contributed by atoms with E-state index in [9.17, 15) is 13.2 Å². The lowest BCUT2D eigenvalue weighted by Crippen LogP contribution is -2.39. The Hall–Kier alpha value is -0.640. The van der Waals surface area contributed by atoms with Crippen molar-refractivity contribution in [2.24, 2.45) is 4.99 Å². The van der Waals surface area contributed by atoms with Gasteiger partial charge < -0.3 is 10.2 Å². The molecule has 1 N–H and O–H groups in total. The minimum absolute atomic E-state index is 0. The van der Waals surface area contributed by atoms with Crippen LogP contribution in [0.25, 0.3) is 0 Å². The quantitative estimate of drug-likeness (QED) is 0.300. The molecule has 0 fully saturated rings. The van der Waals surface area contributed by atoms with E-state index in [1.54, 1.807) is 18.8 Å². The molecule has 0 saturated carbocycles. The molecule has 0 spiro atoms. The minimum Gasteiger partial charge on any atom is -0.356 e. The van der Waals surface area contributed by atoms with E-state index in [0.29, 0.717) is 6.54 Å². The van der Waals surface area contributed by atoms with Crippen molar-refractivity contribution in [3.63, 3.8) is 0 Å². The SMILES string of the molecule is CN=C(NCCCSC)N(C)Cc1ccc(C(F)(F)F)cc1.I. The Bertz CT molecular complexity index is 478. The van der Waals surface area contributed by atoms with Crippen LogP contribution in [0.2, 0.25) is 0 Å². The van der Waals surface area contributed by atoms with Crippen LogP contribution in [0.4, 0.5) is 13.2 Å². The van der Waals surface area contributed by atoms with Crippen molar-refractivity contribution in [2.75, 3.05) is 32.6 Å². The minimum atomic E-state index is -4.29. The van der Waals surface area contributed by atoms with Crippen LogP contribution in [-0.4, -0.2) is 43.5 Å². The van der Waals surface area contributed by atoms with Crippen molar-refractivity contribution in [3.05, 3.63) is 35.4 Å². The van der Waals surface area contributed by atoms with Gasteiger partial charge in [0.15, 0.2) is 5.96 Å². The number of nitrogens with one attached hydrogen (secondary N) is 1. The zero-order valence-electron chi connectivity index (χ0n) is 13.5. The van der Waals surface area contributed by atoms with E-state index in [4.69, 9.17) is 0 Å². The fourth-order valence-corrected chi connectivity index (χ4v) is 2.38. The van der Waals surface area contributed by atoms with Crippen molar-refractivity contribution >= 4 is 41.7 Å². The highest BCUT2D eigenvalue weighted by Gasteiger charge is 2.29. The largest absolute Gasteiger partial charge is 0.416 e. The summed E-state index contributed by atoms with van der Waals surface area (Å²) in [5, 5.41) is 3.24. The van der Waals surface area contributed by atoms with E-state index in [2.05, 4.69) is 16.6 Å². The van der Waals surface area contributed by atoms with Crippen molar-refractivity contribution < 1.29 is 13.2 Å². The van der Waals surface area contributed by atoms with Crippen LogP contribution in [0, 0.1) is 0 Å². The van der Waals surface area contributed by atoms with E-state index in [-0.39, 0.29) is 24.0 Å². The predicted molar refractivity (Wildman–Crippen MR) is 103 cm³/mol. The number of halogens is 4. The second-order valence-corrected chi connectivity index (χ2v) is 5.86. The molecule has 0 aliphatic carbocycles. The molecule has 0 atom stereocenters. The Kier molecular flexibility index (Phi) is 10.7. The molecule has 0 radical (unpaired) electrons. The van der Waals surface area contributed by atoms with Crippen molar-refractivity contribution in [3.8, 4) is 0 Å². The maximum absolute atomic E-state index is 12.5. The number of benzene rings is 1. The summed E-state index contributed by atoms with van der Waals surface area (Å²) < 4.78 is 37.6. The summed E-state index contributed by atoms with van der Waals surface area (Å²) in [5.41, 5.74) is 0.182. The fraction of sp³-hybridized carbons (Fsp3) is 0.533. The third kappa shape index (κ3) is 8.14. The lowest BCUT2D eigenvalue weighted by Gasteiger charge is -2.22. The third-order valence-electron chi connectivity index (χ3n) is 3.08. The van der Waals surface area contributed by atoms with Crippen molar-refractivity contribution in [1.29, 1.82) is 0 Å². The van der Waals surface area contributed by atoms with Crippen LogP contribution in [0.1, 0.15) is 17.5 Å². The second-order valence-electron chi connectivity index (χ2n) is 4.87. The molecule has 0 unspecified atom stereocenters. The summed E-state index contributed by atoms with van der Waals surface area (Å²) >= 11 is 1.79. The zero-order chi connectivity index (χ0) is 16.6. The average molecular weight is 461 g/mol. The van der Waals surface area contributed by atoms with E-state index in [1.807, 2.05) is 11.9 Å². The maximum atomic E-state index is 12.5. The molecule has 132 valence electrons. The molecule has 1 aromatic carbocycles. The van der Waals surface area contributed by atoms with E-state index in [1.165, 1.54) is 12.1 Å². The molecule has 0 aliphatic heterocycles. The highest BCUT2D eigenvalue weighted by atomic mass is 127. The summed E-state index contributed by atoms with van der Waals surface area (Å²) in [6.07, 6.45) is -1.20. The molecule has 0 aliphatic rings. The van der Waals surface area contributed by atoms with Gasteiger partial charge in [0.2, 0.25) is 0 Å². The fourth-order valence-electron chi connectivity index (χ4n) is 1.95. The van der Waals surface area contributed by atoms with Gasteiger partial charge in [0.05, 0.1) is 5.56 Å². The Labute approximate surface area is 157 Å². The van der Waals surface area contributed by atoms with Gasteiger partial charge >= 0.3 is 6.18 Å². The van der Waals surface area contributed by atoms with Gasteiger partial charge in [-0.1, -0.05) is 12.1 Å². The summed E-state index contributed by atoms with van der Waals surface area (Å²) in [6.45, 7) is 1.32. The van der Waals surface area contributed by atoms with Gasteiger partial charge in [-0.2, -0.15) is 24.9 Å². The van der Waals surface area contributed by atoms with Crippen LogP contribution in [0.5, 0.6) is 0 Å². The van der Waals surface area contributed by atoms with Crippen LogP contribution in [0.3, 0.4) is 0 Å². The Morgan fingerprint density at radius 2 is 1.87 bits per heavy atom. The molecule has 3 nitrogen and oxygen atoms in total. The molecule has 23 heavy (non-hydrogen) atoms. The third-order valence-corrected chi connectivity index (χ3v) is 3.78. The normalized spacial score (nSPS) is 11.8. The molecular weight excluding hydrogens is 438 g/mol. The van der Waals surface area contributed by atoms with Gasteiger partial charge in [-0.3, -0.25) is 4.99 Å². The monoisotopic (exact) mass is 461 g/mol. The van der Waals surface area contributed by atoms with E-state index >= 15 is 0 Å². The standard InChI is InChI=1S/C15H22F3N3S.HI/c1-19-14(20-9-4-10-22-3)21(2)11-12-5-7-13(8-6-12)15(16,17)18;/h5-8H,4,9-11H2,1-3H3,(H,19,20);1H. The highest BCUT2D eigenvalue weighted by molar-refractivity contribution is 14.0. The van der Waals surface area contributed by atoms with Crippen LogP contribution in [0.15, 0.2) is 29.3 Å². The smallest absolute Gasteiger partial charge is 0.356 e. The maximum Gasteiger partial charge on any atom is 0.416 e. The molecule has 0 aromatic heterocycles. The molecule has 1 aromatic rings. The number of thioether (sulfide) groups is 1. The Morgan fingerprint density at radius 1 is 1.26 bits per heavy atom. The number of hydrogen-bond donors (Lipinski definition) is 1. The zero-order valence-corrected chi connectivity index (χ0v) is 16.6.